The largest absolute Gasteiger partial charge is 0.495 e. The Morgan fingerprint density at radius 3 is 2.28 bits per heavy atom. The maximum atomic E-state index is 11.5. The van der Waals surface area contributed by atoms with E-state index in [-0.39, 0.29) is 5.91 Å². The summed E-state index contributed by atoms with van der Waals surface area (Å²) in [7, 11) is 1.70. The van der Waals surface area contributed by atoms with Crippen molar-refractivity contribution in [1.82, 2.24) is 20.1 Å². The Hall–Kier alpha value is -3.10. The molecule has 1 aromatic heterocycles. The Bertz CT molecular complexity index is 846. The monoisotopic (exact) mass is 397 g/mol. The van der Waals surface area contributed by atoms with E-state index in [1.54, 1.807) is 20.2 Å². The summed E-state index contributed by atoms with van der Waals surface area (Å²) in [6, 6.07) is 8.10. The summed E-state index contributed by atoms with van der Waals surface area (Å²) in [6.07, 6.45) is 1.71. The second-order valence-corrected chi connectivity index (χ2v) is 7.25. The molecule has 9 nitrogen and oxygen atoms in total. The van der Waals surface area contributed by atoms with Crippen molar-refractivity contribution in [3.8, 4) is 5.75 Å². The van der Waals surface area contributed by atoms with Crippen LogP contribution < -0.4 is 19.4 Å². The molecule has 0 atom stereocenters. The van der Waals surface area contributed by atoms with Crippen molar-refractivity contribution in [3.05, 3.63) is 30.5 Å². The maximum Gasteiger partial charge on any atom is 0.247 e. The van der Waals surface area contributed by atoms with Gasteiger partial charge in [0.05, 0.1) is 19.0 Å². The molecule has 2 aliphatic rings. The molecule has 2 fully saturated rings. The molecule has 2 saturated heterocycles. The fraction of sp³-hybridized carbons (Fsp3) is 0.500. The minimum absolute atomic E-state index is 0.124. The molecular weight excluding hydrogens is 370 g/mol. The van der Waals surface area contributed by atoms with Crippen molar-refractivity contribution in [3.63, 3.8) is 0 Å². The van der Waals surface area contributed by atoms with Crippen molar-refractivity contribution >= 4 is 23.4 Å². The van der Waals surface area contributed by atoms with Crippen LogP contribution in [0.2, 0.25) is 0 Å². The lowest BCUT2D eigenvalue weighted by Crippen LogP contribution is -2.49. The van der Waals surface area contributed by atoms with Crippen LogP contribution in [0.4, 0.5) is 17.5 Å². The van der Waals surface area contributed by atoms with Crippen LogP contribution in [0, 0.1) is 0 Å². The first-order chi connectivity index (χ1) is 14.2. The molecule has 0 N–H and O–H groups in total. The predicted molar refractivity (Wildman–Crippen MR) is 112 cm³/mol. The number of methoxy groups -OCH3 is 1. The first kappa shape index (κ1) is 19.2. The number of ether oxygens (including phenoxy) is 1. The standard InChI is InChI=1S/C20H27N7O2/c1-16(28)24-7-11-26(12-8-24)19-15-21-23-20(22-19)27-13-9-25(10-14-27)17-5-3-4-6-18(17)29-2/h3-6,15H,7-14H2,1-2H3. The normalized spacial score (nSPS) is 17.4. The number of piperazine rings is 2. The highest BCUT2D eigenvalue weighted by Gasteiger charge is 2.24. The van der Waals surface area contributed by atoms with E-state index in [1.165, 1.54) is 0 Å². The van der Waals surface area contributed by atoms with E-state index in [4.69, 9.17) is 9.72 Å². The van der Waals surface area contributed by atoms with Gasteiger partial charge in [0, 0.05) is 59.3 Å². The van der Waals surface area contributed by atoms with Crippen molar-refractivity contribution in [2.45, 2.75) is 6.92 Å². The lowest BCUT2D eigenvalue weighted by molar-refractivity contribution is -0.129. The van der Waals surface area contributed by atoms with Crippen LogP contribution >= 0.6 is 0 Å². The molecule has 3 heterocycles. The average Bonchev–Trinajstić information content (AvgIpc) is 2.79. The van der Waals surface area contributed by atoms with E-state index >= 15 is 0 Å². The van der Waals surface area contributed by atoms with E-state index < -0.39 is 0 Å². The summed E-state index contributed by atoms with van der Waals surface area (Å²) in [5.41, 5.74) is 1.12. The van der Waals surface area contributed by atoms with E-state index in [0.29, 0.717) is 19.0 Å². The number of amides is 1. The van der Waals surface area contributed by atoms with Gasteiger partial charge in [0.15, 0.2) is 5.82 Å². The summed E-state index contributed by atoms with van der Waals surface area (Å²) in [6.45, 7) is 7.95. The third-order valence-corrected chi connectivity index (χ3v) is 5.57. The van der Waals surface area contributed by atoms with Gasteiger partial charge in [0.25, 0.3) is 0 Å². The first-order valence-corrected chi connectivity index (χ1v) is 9.99. The Labute approximate surface area is 170 Å². The van der Waals surface area contributed by atoms with Gasteiger partial charge in [-0.3, -0.25) is 4.79 Å². The molecule has 0 bridgehead atoms. The topological polar surface area (TPSA) is 77.9 Å². The van der Waals surface area contributed by atoms with E-state index in [2.05, 4.69) is 31.0 Å². The van der Waals surface area contributed by atoms with Crippen LogP contribution in [-0.4, -0.2) is 85.5 Å². The number of rotatable bonds is 4. The van der Waals surface area contributed by atoms with Crippen molar-refractivity contribution in [2.24, 2.45) is 0 Å². The summed E-state index contributed by atoms with van der Waals surface area (Å²) in [5.74, 6) is 2.51. The fourth-order valence-electron chi connectivity index (χ4n) is 3.86. The molecular formula is C20H27N7O2. The molecule has 2 aliphatic heterocycles. The second kappa shape index (κ2) is 8.50. The van der Waals surface area contributed by atoms with Gasteiger partial charge in [0.2, 0.25) is 11.9 Å². The van der Waals surface area contributed by atoms with Gasteiger partial charge in [-0.15, -0.1) is 5.10 Å². The Morgan fingerprint density at radius 2 is 1.59 bits per heavy atom. The van der Waals surface area contributed by atoms with Gasteiger partial charge >= 0.3 is 0 Å². The predicted octanol–water partition coefficient (Wildman–Crippen LogP) is 0.875. The van der Waals surface area contributed by atoms with Gasteiger partial charge < -0.3 is 24.3 Å². The molecule has 0 spiro atoms. The zero-order chi connectivity index (χ0) is 20.2. The number of hydrogen-bond donors (Lipinski definition) is 0. The molecule has 154 valence electrons. The summed E-state index contributed by atoms with van der Waals surface area (Å²) < 4.78 is 5.50. The Balaban J connectivity index is 1.39. The van der Waals surface area contributed by atoms with Crippen LogP contribution in [0.5, 0.6) is 5.75 Å². The number of carbonyl (C=O) groups excluding carboxylic acids is 1. The fourth-order valence-corrected chi connectivity index (χ4v) is 3.86. The number of nitrogens with zero attached hydrogens (tertiary/aromatic N) is 7. The Morgan fingerprint density at radius 1 is 0.931 bits per heavy atom. The van der Waals surface area contributed by atoms with Gasteiger partial charge in [-0.05, 0) is 12.1 Å². The summed E-state index contributed by atoms with van der Waals surface area (Å²) >= 11 is 0. The highest BCUT2D eigenvalue weighted by atomic mass is 16.5. The smallest absolute Gasteiger partial charge is 0.247 e. The van der Waals surface area contributed by atoms with E-state index in [0.717, 1.165) is 56.5 Å². The van der Waals surface area contributed by atoms with Gasteiger partial charge in [-0.2, -0.15) is 10.1 Å². The van der Waals surface area contributed by atoms with E-state index in [1.807, 2.05) is 23.1 Å². The van der Waals surface area contributed by atoms with Gasteiger partial charge in [-0.25, -0.2) is 0 Å². The SMILES string of the molecule is COc1ccccc1N1CCN(c2nncc(N3CCN(C(C)=O)CC3)n2)CC1. The van der Waals surface area contributed by atoms with Crippen LogP contribution in [0.3, 0.4) is 0 Å². The van der Waals surface area contributed by atoms with Crippen LogP contribution in [0.15, 0.2) is 30.5 Å². The lowest BCUT2D eigenvalue weighted by atomic mass is 10.2. The molecule has 0 saturated carbocycles. The number of aromatic nitrogens is 3. The van der Waals surface area contributed by atoms with Gasteiger partial charge in [-0.1, -0.05) is 12.1 Å². The number of hydrogen-bond acceptors (Lipinski definition) is 8. The number of para-hydroxylation sites is 2. The lowest BCUT2D eigenvalue weighted by Gasteiger charge is -2.37. The summed E-state index contributed by atoms with van der Waals surface area (Å²) in [5, 5.41) is 8.45. The average molecular weight is 397 g/mol. The highest BCUT2D eigenvalue weighted by molar-refractivity contribution is 5.73. The third kappa shape index (κ3) is 4.18. The van der Waals surface area contributed by atoms with Crippen LogP contribution in [0.1, 0.15) is 6.92 Å². The van der Waals surface area contributed by atoms with Crippen LogP contribution in [0.25, 0.3) is 0 Å². The molecule has 0 radical (unpaired) electrons. The number of anilines is 3. The first-order valence-electron chi connectivity index (χ1n) is 9.99. The van der Waals surface area contributed by atoms with Gasteiger partial charge in [0.1, 0.15) is 5.75 Å². The quantitative estimate of drug-likeness (QED) is 0.752. The van der Waals surface area contributed by atoms with Crippen molar-refractivity contribution in [2.75, 3.05) is 74.2 Å². The molecule has 1 amide bonds. The molecule has 29 heavy (non-hydrogen) atoms. The Kier molecular flexibility index (Phi) is 5.64. The molecule has 9 heteroatoms. The minimum atomic E-state index is 0.124. The molecule has 4 rings (SSSR count). The second-order valence-electron chi connectivity index (χ2n) is 7.25. The molecule has 0 unspecified atom stereocenters. The number of carbonyl (C=O) groups is 1. The summed E-state index contributed by atoms with van der Waals surface area (Å²) in [4.78, 5) is 24.8. The zero-order valence-corrected chi connectivity index (χ0v) is 17.0. The van der Waals surface area contributed by atoms with Crippen molar-refractivity contribution in [1.29, 1.82) is 0 Å². The van der Waals surface area contributed by atoms with Crippen molar-refractivity contribution < 1.29 is 9.53 Å². The van der Waals surface area contributed by atoms with Crippen LogP contribution in [-0.2, 0) is 4.79 Å². The highest BCUT2D eigenvalue weighted by Crippen LogP contribution is 2.29. The maximum absolute atomic E-state index is 11.5. The zero-order valence-electron chi connectivity index (χ0n) is 17.0. The molecule has 0 aliphatic carbocycles. The third-order valence-electron chi connectivity index (χ3n) is 5.57. The molecule has 2 aromatic rings. The van der Waals surface area contributed by atoms with E-state index in [9.17, 15) is 4.79 Å². The number of benzene rings is 1. The minimum Gasteiger partial charge on any atom is -0.495 e. The molecule has 1 aromatic carbocycles.